The van der Waals surface area contributed by atoms with Crippen molar-refractivity contribution in [3.8, 4) is 28.7 Å². The van der Waals surface area contributed by atoms with E-state index in [-0.39, 0.29) is 5.91 Å². The van der Waals surface area contributed by atoms with Crippen molar-refractivity contribution in [3.63, 3.8) is 0 Å². The lowest BCUT2D eigenvalue weighted by Crippen LogP contribution is -2.36. The van der Waals surface area contributed by atoms with Gasteiger partial charge < -0.3 is 19.7 Å². The first kappa shape index (κ1) is 19.7. The molecule has 0 aliphatic carbocycles. The molecule has 154 valence electrons. The van der Waals surface area contributed by atoms with Gasteiger partial charge in [-0.15, -0.1) is 0 Å². The second kappa shape index (κ2) is 8.83. The summed E-state index contributed by atoms with van der Waals surface area (Å²) in [6.45, 7) is 4.28. The molecule has 1 aliphatic rings. The molecule has 1 amide bonds. The molecule has 1 N–H and O–H groups in total. The molecule has 4 rings (SSSR count). The third-order valence-corrected chi connectivity index (χ3v) is 4.60. The van der Waals surface area contributed by atoms with Gasteiger partial charge in [-0.2, -0.15) is 0 Å². The van der Waals surface area contributed by atoms with Gasteiger partial charge in [0.05, 0.1) is 26.0 Å². The van der Waals surface area contributed by atoms with Crippen LogP contribution in [-0.2, 0) is 9.53 Å². The van der Waals surface area contributed by atoms with Crippen LogP contribution in [0, 0.1) is 0 Å². The van der Waals surface area contributed by atoms with Crippen molar-refractivity contribution in [1.82, 2.24) is 19.9 Å². The number of carbonyl (C=O) groups is 1. The molecule has 0 saturated carbocycles. The maximum Gasteiger partial charge on any atom is 0.316 e. The van der Waals surface area contributed by atoms with Crippen molar-refractivity contribution in [3.05, 3.63) is 42.7 Å². The van der Waals surface area contributed by atoms with Crippen LogP contribution in [0.15, 0.2) is 42.7 Å². The van der Waals surface area contributed by atoms with E-state index >= 15 is 0 Å². The lowest BCUT2D eigenvalue weighted by atomic mass is 10.1. The Bertz CT molecular complexity index is 1040. The zero-order valence-electron chi connectivity index (χ0n) is 16.8. The highest BCUT2D eigenvalue weighted by atomic mass is 16.5. The first-order valence-electron chi connectivity index (χ1n) is 9.58. The molecule has 0 spiro atoms. The molecule has 3 aromatic rings. The van der Waals surface area contributed by atoms with Gasteiger partial charge in [0.1, 0.15) is 5.82 Å². The van der Waals surface area contributed by atoms with Crippen molar-refractivity contribution in [2.75, 3.05) is 43.6 Å². The number of ether oxygens (including phenoxy) is 2. The van der Waals surface area contributed by atoms with Gasteiger partial charge in [0.15, 0.2) is 5.82 Å². The van der Waals surface area contributed by atoms with E-state index in [2.05, 4.69) is 20.2 Å². The average molecular weight is 406 g/mol. The van der Waals surface area contributed by atoms with Gasteiger partial charge in [0.2, 0.25) is 5.91 Å². The Balaban J connectivity index is 1.77. The molecule has 2 aromatic heterocycles. The number of nitrogens with zero attached hydrogens (tertiary/aromatic N) is 5. The molecule has 0 radical (unpaired) electrons. The van der Waals surface area contributed by atoms with Crippen LogP contribution in [0.3, 0.4) is 0 Å². The number of hydrogen-bond donors (Lipinski definition) is 1. The first-order chi connectivity index (χ1) is 14.6. The van der Waals surface area contributed by atoms with Crippen molar-refractivity contribution >= 4 is 17.4 Å². The Morgan fingerprint density at radius 2 is 1.87 bits per heavy atom. The third kappa shape index (κ3) is 4.52. The molecule has 30 heavy (non-hydrogen) atoms. The topological polar surface area (TPSA) is 102 Å². The average Bonchev–Trinajstić information content (AvgIpc) is 2.79. The minimum absolute atomic E-state index is 0.133. The Morgan fingerprint density at radius 3 is 2.57 bits per heavy atom. The predicted molar refractivity (Wildman–Crippen MR) is 112 cm³/mol. The number of morpholine rings is 1. The second-order valence-corrected chi connectivity index (χ2v) is 6.75. The highest BCUT2D eigenvalue weighted by Crippen LogP contribution is 2.27. The number of benzene rings is 1. The van der Waals surface area contributed by atoms with Crippen molar-refractivity contribution in [1.29, 1.82) is 0 Å². The van der Waals surface area contributed by atoms with Gasteiger partial charge in [0.25, 0.3) is 0 Å². The van der Waals surface area contributed by atoms with Gasteiger partial charge in [-0.1, -0.05) is 12.1 Å². The first-order valence-corrected chi connectivity index (χ1v) is 9.58. The number of aromatic nitrogens is 4. The molecule has 1 aliphatic heterocycles. The second-order valence-electron chi connectivity index (χ2n) is 6.75. The van der Waals surface area contributed by atoms with Gasteiger partial charge in [-0.25, -0.2) is 19.9 Å². The van der Waals surface area contributed by atoms with E-state index in [0.29, 0.717) is 36.4 Å². The summed E-state index contributed by atoms with van der Waals surface area (Å²) in [7, 11) is 1.52. The number of carbonyl (C=O) groups excluding carboxylic acids is 1. The van der Waals surface area contributed by atoms with E-state index < -0.39 is 0 Å². The summed E-state index contributed by atoms with van der Waals surface area (Å²) in [4.78, 5) is 31.5. The van der Waals surface area contributed by atoms with E-state index in [4.69, 9.17) is 19.4 Å². The summed E-state index contributed by atoms with van der Waals surface area (Å²) in [5, 5.41) is 2.80. The van der Waals surface area contributed by atoms with Crippen LogP contribution in [0.2, 0.25) is 0 Å². The lowest BCUT2D eigenvalue weighted by molar-refractivity contribution is -0.114. The Morgan fingerprint density at radius 1 is 1.10 bits per heavy atom. The lowest BCUT2D eigenvalue weighted by Gasteiger charge is -2.28. The van der Waals surface area contributed by atoms with E-state index in [9.17, 15) is 4.79 Å². The number of rotatable bonds is 5. The SMILES string of the molecule is COc1ncc(-c2cc(N3CCOCC3)nc(-c3cccc(NC(C)=O)c3)n2)cn1. The maximum atomic E-state index is 11.4. The summed E-state index contributed by atoms with van der Waals surface area (Å²) < 4.78 is 10.5. The van der Waals surface area contributed by atoms with Crippen LogP contribution in [0.1, 0.15) is 6.92 Å². The Labute approximate surface area is 174 Å². The Kier molecular flexibility index (Phi) is 5.80. The summed E-state index contributed by atoms with van der Waals surface area (Å²) >= 11 is 0. The van der Waals surface area contributed by atoms with Crippen LogP contribution in [0.25, 0.3) is 22.6 Å². The van der Waals surface area contributed by atoms with E-state index in [0.717, 1.165) is 30.0 Å². The minimum atomic E-state index is -0.133. The highest BCUT2D eigenvalue weighted by molar-refractivity contribution is 5.89. The Hall–Kier alpha value is -3.59. The fraction of sp³-hybridized carbons (Fsp3) is 0.286. The number of hydrogen-bond acceptors (Lipinski definition) is 8. The van der Waals surface area contributed by atoms with Gasteiger partial charge in [-0.3, -0.25) is 4.79 Å². The summed E-state index contributed by atoms with van der Waals surface area (Å²) in [5.41, 5.74) is 2.95. The van der Waals surface area contributed by atoms with Crippen LogP contribution in [-0.4, -0.2) is 59.3 Å². The smallest absolute Gasteiger partial charge is 0.316 e. The predicted octanol–water partition coefficient (Wildman–Crippen LogP) is 2.40. The van der Waals surface area contributed by atoms with Gasteiger partial charge >= 0.3 is 6.01 Å². The normalized spacial score (nSPS) is 13.7. The molecule has 0 unspecified atom stereocenters. The van der Waals surface area contributed by atoms with E-state index in [1.165, 1.54) is 14.0 Å². The number of nitrogens with one attached hydrogen (secondary N) is 1. The van der Waals surface area contributed by atoms with Crippen LogP contribution >= 0.6 is 0 Å². The minimum Gasteiger partial charge on any atom is -0.467 e. The molecule has 0 atom stereocenters. The molecule has 9 heteroatoms. The van der Waals surface area contributed by atoms with Gasteiger partial charge in [0, 0.05) is 55.3 Å². The van der Waals surface area contributed by atoms with Crippen molar-refractivity contribution < 1.29 is 14.3 Å². The number of anilines is 2. The molecule has 3 heterocycles. The molecule has 1 fully saturated rings. The molecule has 0 bridgehead atoms. The van der Waals surface area contributed by atoms with E-state index in [1.807, 2.05) is 30.3 Å². The van der Waals surface area contributed by atoms with Crippen molar-refractivity contribution in [2.24, 2.45) is 0 Å². The molecular formula is C21H22N6O3. The molecule has 1 aromatic carbocycles. The zero-order valence-corrected chi connectivity index (χ0v) is 16.8. The molecule has 1 saturated heterocycles. The maximum absolute atomic E-state index is 11.4. The fourth-order valence-electron chi connectivity index (χ4n) is 3.16. The molecular weight excluding hydrogens is 384 g/mol. The highest BCUT2D eigenvalue weighted by Gasteiger charge is 2.17. The standard InChI is InChI=1S/C21H22N6O3/c1-14(28)24-17-5-3-4-15(10-17)20-25-18(16-12-22-21(29-2)23-13-16)11-19(26-20)27-6-8-30-9-7-27/h3-5,10-13H,6-9H2,1-2H3,(H,24,28). The summed E-state index contributed by atoms with van der Waals surface area (Å²) in [5.74, 6) is 1.22. The molecule has 9 nitrogen and oxygen atoms in total. The summed E-state index contributed by atoms with van der Waals surface area (Å²) in [6, 6.07) is 9.68. The van der Waals surface area contributed by atoms with Crippen LogP contribution in [0.4, 0.5) is 11.5 Å². The zero-order chi connectivity index (χ0) is 20.9. The summed E-state index contributed by atoms with van der Waals surface area (Å²) in [6.07, 6.45) is 3.35. The van der Waals surface area contributed by atoms with Crippen molar-refractivity contribution in [2.45, 2.75) is 6.92 Å². The van der Waals surface area contributed by atoms with E-state index in [1.54, 1.807) is 12.4 Å². The quantitative estimate of drug-likeness (QED) is 0.689. The monoisotopic (exact) mass is 406 g/mol. The third-order valence-electron chi connectivity index (χ3n) is 4.60. The number of amides is 1. The van der Waals surface area contributed by atoms with Gasteiger partial charge in [-0.05, 0) is 12.1 Å². The van der Waals surface area contributed by atoms with Crippen LogP contribution < -0.4 is 15.0 Å². The fourth-order valence-corrected chi connectivity index (χ4v) is 3.16. The van der Waals surface area contributed by atoms with Crippen LogP contribution in [0.5, 0.6) is 6.01 Å². The largest absolute Gasteiger partial charge is 0.467 e. The number of methoxy groups -OCH3 is 1.